The van der Waals surface area contributed by atoms with E-state index in [9.17, 15) is 9.59 Å². The summed E-state index contributed by atoms with van der Waals surface area (Å²) in [5, 5.41) is 0. The van der Waals surface area contributed by atoms with E-state index in [4.69, 9.17) is 9.47 Å². The van der Waals surface area contributed by atoms with Crippen LogP contribution in [0, 0.1) is 22.7 Å². The minimum Gasteiger partial charge on any atom is -0.497 e. The molecule has 0 radical (unpaired) electrons. The van der Waals surface area contributed by atoms with Crippen LogP contribution in [0.3, 0.4) is 0 Å². The highest BCUT2D eigenvalue weighted by Gasteiger charge is 2.76. The van der Waals surface area contributed by atoms with Crippen molar-refractivity contribution in [3.05, 3.63) is 41.5 Å². The predicted molar refractivity (Wildman–Crippen MR) is 105 cm³/mol. The molecule has 0 aliphatic heterocycles. The average molecular weight is 380 g/mol. The summed E-state index contributed by atoms with van der Waals surface area (Å²) >= 11 is 0. The van der Waals surface area contributed by atoms with Crippen molar-refractivity contribution in [2.75, 3.05) is 7.11 Å². The van der Waals surface area contributed by atoms with Gasteiger partial charge < -0.3 is 14.3 Å². The first-order valence-electron chi connectivity index (χ1n) is 10.4. The third-order valence-corrected chi connectivity index (χ3v) is 8.68. The second-order valence-corrected chi connectivity index (χ2v) is 9.39. The summed E-state index contributed by atoms with van der Waals surface area (Å²) in [6.07, 6.45) is 10.4. The molecule has 4 aliphatic carbocycles. The Morgan fingerprint density at radius 3 is 2.79 bits per heavy atom. The number of allylic oxidation sites excluding steroid dienone is 1. The van der Waals surface area contributed by atoms with Crippen molar-refractivity contribution in [2.45, 2.75) is 57.5 Å². The van der Waals surface area contributed by atoms with E-state index in [0.29, 0.717) is 11.8 Å². The Morgan fingerprint density at radius 2 is 2.07 bits per heavy atom. The van der Waals surface area contributed by atoms with Gasteiger partial charge in [-0.15, -0.1) is 0 Å². The van der Waals surface area contributed by atoms with Crippen molar-refractivity contribution in [3.63, 3.8) is 0 Å². The fourth-order valence-electron chi connectivity index (χ4n) is 7.50. The lowest BCUT2D eigenvalue weighted by Crippen LogP contribution is -2.54. The van der Waals surface area contributed by atoms with Crippen LogP contribution in [-0.2, 0) is 20.7 Å². The number of aryl methyl sites for hydroxylation is 1. The zero-order valence-corrected chi connectivity index (χ0v) is 16.9. The fraction of sp³-hybridized carbons (Fsp3) is 0.583. The molecule has 28 heavy (non-hydrogen) atoms. The molecule has 0 unspecified atom stereocenters. The van der Waals surface area contributed by atoms with Crippen LogP contribution in [0.2, 0.25) is 0 Å². The first-order valence-corrected chi connectivity index (χ1v) is 10.4. The van der Waals surface area contributed by atoms with Gasteiger partial charge in [-0.1, -0.05) is 19.1 Å². The maximum Gasteiger partial charge on any atom is 0.303 e. The van der Waals surface area contributed by atoms with Crippen molar-refractivity contribution >= 4 is 12.3 Å². The van der Waals surface area contributed by atoms with Crippen molar-refractivity contribution < 1.29 is 19.1 Å². The molecule has 0 N–H and O–H groups in total. The number of fused-ring (bicyclic) bond motifs is 3. The highest BCUT2D eigenvalue weighted by Crippen LogP contribution is 2.77. The number of esters is 1. The molecule has 2 fully saturated rings. The van der Waals surface area contributed by atoms with E-state index in [2.05, 4.69) is 37.3 Å². The lowest BCUT2D eigenvalue weighted by atomic mass is 9.48. The third-order valence-electron chi connectivity index (χ3n) is 8.68. The van der Waals surface area contributed by atoms with E-state index in [0.717, 1.165) is 44.1 Å². The molecule has 1 aromatic carbocycles. The molecule has 0 amide bonds. The predicted octanol–water partition coefficient (Wildman–Crippen LogP) is 4.22. The van der Waals surface area contributed by atoms with Crippen LogP contribution in [-0.4, -0.2) is 25.0 Å². The normalized spacial score (nSPS) is 42.3. The molecular formula is C24H28O4. The number of hydrogen-bond donors (Lipinski definition) is 0. The summed E-state index contributed by atoms with van der Waals surface area (Å²) in [4.78, 5) is 24.0. The maximum atomic E-state index is 12.1. The zero-order chi connectivity index (χ0) is 19.7. The van der Waals surface area contributed by atoms with Crippen LogP contribution in [0.1, 0.15) is 56.6 Å². The number of ether oxygens (including phenoxy) is 2. The van der Waals surface area contributed by atoms with Gasteiger partial charge in [-0.05, 0) is 73.3 Å². The quantitative estimate of drug-likeness (QED) is 0.448. The van der Waals surface area contributed by atoms with Crippen molar-refractivity contribution in [1.82, 2.24) is 0 Å². The fourth-order valence-corrected chi connectivity index (χ4v) is 7.50. The Kier molecular flexibility index (Phi) is 3.66. The Hall–Kier alpha value is -2.10. The van der Waals surface area contributed by atoms with Gasteiger partial charge in [0.15, 0.2) is 0 Å². The minimum atomic E-state index is -0.772. The Balaban J connectivity index is 1.60. The lowest BCUT2D eigenvalue weighted by molar-refractivity contribution is -0.173. The number of methoxy groups -OCH3 is 1. The Labute approximate surface area is 166 Å². The van der Waals surface area contributed by atoms with Gasteiger partial charge in [0.1, 0.15) is 17.6 Å². The number of carbonyl (C=O) groups excluding carboxylic acids is 2. The number of carbonyl (C=O) groups is 2. The Morgan fingerprint density at radius 1 is 1.25 bits per heavy atom. The van der Waals surface area contributed by atoms with Gasteiger partial charge in [0.2, 0.25) is 0 Å². The first-order chi connectivity index (χ1) is 13.4. The van der Waals surface area contributed by atoms with Crippen LogP contribution >= 0.6 is 0 Å². The summed E-state index contributed by atoms with van der Waals surface area (Å²) in [7, 11) is 1.72. The van der Waals surface area contributed by atoms with Crippen molar-refractivity contribution in [2.24, 2.45) is 22.7 Å². The molecule has 2 saturated carbocycles. The molecule has 0 spiro atoms. The largest absolute Gasteiger partial charge is 0.497 e. The van der Waals surface area contributed by atoms with Gasteiger partial charge in [-0.3, -0.25) is 4.79 Å². The van der Waals surface area contributed by atoms with E-state index in [-0.39, 0.29) is 22.7 Å². The molecule has 1 aromatic rings. The Bertz CT molecular complexity index is 889. The molecule has 0 aromatic heterocycles. The van der Waals surface area contributed by atoms with Gasteiger partial charge in [0, 0.05) is 17.8 Å². The summed E-state index contributed by atoms with van der Waals surface area (Å²) in [6, 6.07) is 6.51. The molecule has 6 atom stereocenters. The highest BCUT2D eigenvalue weighted by atomic mass is 16.6. The van der Waals surface area contributed by atoms with Crippen LogP contribution in [0.4, 0.5) is 0 Å². The van der Waals surface area contributed by atoms with Crippen LogP contribution in [0.25, 0.3) is 0 Å². The molecule has 2 bridgehead atoms. The standard InChI is InChI=1S/C24H28O4/c1-15(26)28-24-11-10-23(13-17(24)14-25)21-7-4-16-12-18(27-3)5-6-19(16)20(21)8-9-22(23,24)2/h5-6,10-12,14,17,20-21H,4,7-9,13H2,1-3H3/t17-,20+,21+,22-,23-,24-/m0/s1. The van der Waals surface area contributed by atoms with Gasteiger partial charge in [0.25, 0.3) is 0 Å². The minimum absolute atomic E-state index is 0.0748. The number of aldehydes is 1. The van der Waals surface area contributed by atoms with Gasteiger partial charge in [0.05, 0.1) is 13.0 Å². The molecular weight excluding hydrogens is 352 g/mol. The van der Waals surface area contributed by atoms with Gasteiger partial charge in [-0.25, -0.2) is 0 Å². The average Bonchev–Trinajstić information content (AvgIpc) is 3.06. The van der Waals surface area contributed by atoms with Crippen molar-refractivity contribution in [1.29, 1.82) is 0 Å². The third kappa shape index (κ3) is 1.92. The highest BCUT2D eigenvalue weighted by molar-refractivity contribution is 5.70. The van der Waals surface area contributed by atoms with E-state index in [1.807, 2.05) is 0 Å². The lowest BCUT2D eigenvalue weighted by Gasteiger charge is -2.56. The second kappa shape index (κ2) is 5.71. The summed E-state index contributed by atoms with van der Waals surface area (Å²) in [6.45, 7) is 3.72. The second-order valence-electron chi connectivity index (χ2n) is 9.39. The van der Waals surface area contributed by atoms with Crippen LogP contribution in [0.15, 0.2) is 30.4 Å². The van der Waals surface area contributed by atoms with E-state index >= 15 is 0 Å². The van der Waals surface area contributed by atoms with Crippen LogP contribution in [0.5, 0.6) is 5.75 Å². The molecule has 148 valence electrons. The van der Waals surface area contributed by atoms with Gasteiger partial charge in [-0.2, -0.15) is 0 Å². The summed E-state index contributed by atoms with van der Waals surface area (Å²) < 4.78 is 11.4. The molecule has 0 saturated heterocycles. The topological polar surface area (TPSA) is 52.6 Å². The molecule has 5 rings (SSSR count). The number of hydrogen-bond acceptors (Lipinski definition) is 4. The van der Waals surface area contributed by atoms with E-state index < -0.39 is 5.60 Å². The van der Waals surface area contributed by atoms with Crippen molar-refractivity contribution in [3.8, 4) is 5.75 Å². The maximum absolute atomic E-state index is 12.1. The summed E-state index contributed by atoms with van der Waals surface area (Å²) in [5.41, 5.74) is 1.79. The molecule has 4 nitrogen and oxygen atoms in total. The summed E-state index contributed by atoms with van der Waals surface area (Å²) in [5.74, 6) is 1.35. The monoisotopic (exact) mass is 380 g/mol. The molecule has 0 heterocycles. The molecule has 4 heteroatoms. The SMILES string of the molecule is COc1ccc2c(c1)CC[C@@H]1[C@@H]2CC[C@@]2(C)[C@]13C=C[C@]2(OC(C)=O)[C@H](C=O)C3. The number of rotatable bonds is 3. The van der Waals surface area contributed by atoms with E-state index in [1.165, 1.54) is 18.1 Å². The first kappa shape index (κ1) is 18.0. The van der Waals surface area contributed by atoms with Gasteiger partial charge >= 0.3 is 5.97 Å². The zero-order valence-electron chi connectivity index (χ0n) is 16.9. The smallest absolute Gasteiger partial charge is 0.303 e. The van der Waals surface area contributed by atoms with E-state index in [1.54, 1.807) is 7.11 Å². The molecule has 4 aliphatic rings. The number of benzene rings is 1. The van der Waals surface area contributed by atoms with Crippen LogP contribution < -0.4 is 4.74 Å².